The van der Waals surface area contributed by atoms with Gasteiger partial charge in [0.05, 0.1) is 6.54 Å². The second-order valence-electron chi connectivity index (χ2n) is 7.78. The molecule has 3 aromatic carbocycles. The maximum absolute atomic E-state index is 13.4. The molecule has 2 nitrogen and oxygen atoms in total. The van der Waals surface area contributed by atoms with Crippen LogP contribution in [0.25, 0.3) is 0 Å². The number of nitrogens with zero attached hydrogens (tertiary/aromatic N) is 1. The number of hydrogen-bond donors (Lipinski definition) is 0. The summed E-state index contributed by atoms with van der Waals surface area (Å²) in [6.07, 6.45) is 0.872. The van der Waals surface area contributed by atoms with Gasteiger partial charge >= 0.3 is 0 Å². The normalized spacial score (nSPS) is 10.9. The molecule has 0 spiro atoms. The average Bonchev–Trinajstić information content (AvgIpc) is 3.24. The van der Waals surface area contributed by atoms with Crippen molar-refractivity contribution in [3.05, 3.63) is 130 Å². The molecule has 1 aromatic heterocycles. The third-order valence-electron chi connectivity index (χ3n) is 5.70. The van der Waals surface area contributed by atoms with Crippen LogP contribution in [0, 0.1) is 6.92 Å². The third-order valence-corrected chi connectivity index (χ3v) is 6.71. The number of aryl methyl sites for hydroxylation is 1. The Kier molecular flexibility index (Phi) is 6.96. The lowest BCUT2D eigenvalue weighted by atomic mass is 9.88. The zero-order valence-corrected chi connectivity index (χ0v) is 18.6. The van der Waals surface area contributed by atoms with Crippen LogP contribution in [0.4, 0.5) is 0 Å². The Morgan fingerprint density at radius 2 is 1.35 bits per heavy atom. The summed E-state index contributed by atoms with van der Waals surface area (Å²) >= 11 is 1.72. The molecular formula is C28H27NOS. The fourth-order valence-electron chi connectivity index (χ4n) is 3.94. The van der Waals surface area contributed by atoms with Crippen molar-refractivity contribution in [2.45, 2.75) is 25.8 Å². The summed E-state index contributed by atoms with van der Waals surface area (Å²) in [5, 5.41) is 2.10. The molecule has 0 aliphatic heterocycles. The van der Waals surface area contributed by atoms with Gasteiger partial charge in [-0.25, -0.2) is 0 Å². The van der Waals surface area contributed by atoms with Crippen molar-refractivity contribution >= 4 is 17.2 Å². The van der Waals surface area contributed by atoms with E-state index in [4.69, 9.17) is 0 Å². The van der Waals surface area contributed by atoms with Gasteiger partial charge in [0.15, 0.2) is 0 Å². The molecule has 4 aromatic rings. The minimum atomic E-state index is 0.0910. The highest BCUT2D eigenvalue weighted by molar-refractivity contribution is 7.10. The predicted molar refractivity (Wildman–Crippen MR) is 130 cm³/mol. The van der Waals surface area contributed by atoms with E-state index in [0.717, 1.165) is 12.0 Å². The van der Waals surface area contributed by atoms with Crippen LogP contribution in [0.3, 0.4) is 0 Å². The summed E-state index contributed by atoms with van der Waals surface area (Å²) in [6.45, 7) is 3.46. The Labute approximate surface area is 188 Å². The minimum Gasteiger partial charge on any atom is -0.333 e. The zero-order chi connectivity index (χ0) is 21.5. The number of rotatable bonds is 8. The van der Waals surface area contributed by atoms with E-state index in [1.54, 1.807) is 11.3 Å². The first-order valence-corrected chi connectivity index (χ1v) is 11.6. The van der Waals surface area contributed by atoms with Gasteiger partial charge in [0.25, 0.3) is 5.91 Å². The van der Waals surface area contributed by atoms with Gasteiger partial charge in [-0.2, -0.15) is 0 Å². The first-order chi connectivity index (χ1) is 15.2. The summed E-state index contributed by atoms with van der Waals surface area (Å²) in [5.74, 6) is 0.339. The predicted octanol–water partition coefficient (Wildman–Crippen LogP) is 6.92. The average molecular weight is 426 g/mol. The van der Waals surface area contributed by atoms with Crippen LogP contribution in [-0.2, 0) is 6.54 Å². The van der Waals surface area contributed by atoms with Gasteiger partial charge in [0, 0.05) is 22.9 Å². The van der Waals surface area contributed by atoms with E-state index in [9.17, 15) is 4.79 Å². The molecule has 4 rings (SSSR count). The van der Waals surface area contributed by atoms with Gasteiger partial charge in [-0.05, 0) is 53.6 Å². The third kappa shape index (κ3) is 5.31. The van der Waals surface area contributed by atoms with Crippen LogP contribution in [0.1, 0.15) is 44.3 Å². The first-order valence-electron chi connectivity index (χ1n) is 10.7. The number of hydrogen-bond acceptors (Lipinski definition) is 2. The SMILES string of the molecule is Cc1ccsc1CN(CCC(c1ccccc1)c1ccccc1)C(=O)c1ccccc1. The number of carbonyl (C=O) groups excluding carboxylic acids is 1. The standard InChI is InChI=1S/C28H27NOS/c1-22-18-20-31-27(22)21-29(28(30)25-15-9-4-10-16-25)19-17-26(23-11-5-2-6-12-23)24-13-7-3-8-14-24/h2-16,18,20,26H,17,19,21H2,1H3. The van der Waals surface area contributed by atoms with Crippen molar-refractivity contribution in [1.29, 1.82) is 0 Å². The highest BCUT2D eigenvalue weighted by atomic mass is 32.1. The Bertz CT molecular complexity index is 1050. The highest BCUT2D eigenvalue weighted by Crippen LogP contribution is 2.29. The van der Waals surface area contributed by atoms with Crippen LogP contribution >= 0.6 is 11.3 Å². The summed E-state index contributed by atoms with van der Waals surface area (Å²) < 4.78 is 0. The van der Waals surface area contributed by atoms with Crippen LogP contribution in [0.5, 0.6) is 0 Å². The van der Waals surface area contributed by atoms with Gasteiger partial charge in [-0.15, -0.1) is 11.3 Å². The molecule has 0 bridgehead atoms. The molecule has 0 atom stereocenters. The van der Waals surface area contributed by atoms with Crippen molar-refractivity contribution in [3.8, 4) is 0 Å². The molecule has 156 valence electrons. The van der Waals surface area contributed by atoms with Crippen molar-refractivity contribution < 1.29 is 4.79 Å². The van der Waals surface area contributed by atoms with Crippen molar-refractivity contribution in [2.24, 2.45) is 0 Å². The Morgan fingerprint density at radius 1 is 0.806 bits per heavy atom. The summed E-state index contributed by atoms with van der Waals surface area (Å²) in [5.41, 5.74) is 4.56. The molecule has 0 saturated heterocycles. The molecule has 31 heavy (non-hydrogen) atoms. The van der Waals surface area contributed by atoms with Crippen LogP contribution in [-0.4, -0.2) is 17.4 Å². The zero-order valence-electron chi connectivity index (χ0n) is 17.8. The van der Waals surface area contributed by atoms with Crippen LogP contribution in [0.2, 0.25) is 0 Å². The lowest BCUT2D eigenvalue weighted by Gasteiger charge is -2.26. The van der Waals surface area contributed by atoms with E-state index in [1.807, 2.05) is 35.2 Å². The number of carbonyl (C=O) groups is 1. The van der Waals surface area contributed by atoms with Crippen LogP contribution in [0.15, 0.2) is 102 Å². The summed E-state index contributed by atoms with van der Waals surface area (Å²) in [6, 6.07) is 33.0. The maximum atomic E-state index is 13.4. The monoisotopic (exact) mass is 425 g/mol. The van der Waals surface area contributed by atoms with E-state index in [-0.39, 0.29) is 11.8 Å². The molecule has 0 saturated carbocycles. The smallest absolute Gasteiger partial charge is 0.254 e. The molecule has 3 heteroatoms. The van der Waals surface area contributed by atoms with E-state index in [0.29, 0.717) is 13.1 Å². The summed E-state index contributed by atoms with van der Waals surface area (Å²) in [7, 11) is 0. The topological polar surface area (TPSA) is 20.3 Å². The molecule has 0 fully saturated rings. The fraction of sp³-hybridized carbons (Fsp3) is 0.179. The molecule has 1 amide bonds. The summed E-state index contributed by atoms with van der Waals surface area (Å²) in [4.78, 5) is 16.7. The van der Waals surface area contributed by atoms with Crippen molar-refractivity contribution in [1.82, 2.24) is 4.90 Å². The lowest BCUT2D eigenvalue weighted by Crippen LogP contribution is -2.32. The Balaban J connectivity index is 1.60. The van der Waals surface area contributed by atoms with Gasteiger partial charge in [0.1, 0.15) is 0 Å². The van der Waals surface area contributed by atoms with Gasteiger partial charge < -0.3 is 4.90 Å². The quantitative estimate of drug-likeness (QED) is 0.300. The maximum Gasteiger partial charge on any atom is 0.254 e. The highest BCUT2D eigenvalue weighted by Gasteiger charge is 2.21. The van der Waals surface area contributed by atoms with E-state index in [2.05, 4.69) is 79.0 Å². The molecule has 1 heterocycles. The van der Waals surface area contributed by atoms with E-state index >= 15 is 0 Å². The largest absolute Gasteiger partial charge is 0.333 e. The van der Waals surface area contributed by atoms with Gasteiger partial charge in [0.2, 0.25) is 0 Å². The van der Waals surface area contributed by atoms with Gasteiger partial charge in [-0.3, -0.25) is 4.79 Å². The molecule has 0 aliphatic carbocycles. The van der Waals surface area contributed by atoms with E-state index in [1.165, 1.54) is 21.6 Å². The fourth-order valence-corrected chi connectivity index (χ4v) is 4.86. The second-order valence-corrected chi connectivity index (χ2v) is 8.78. The Hall–Kier alpha value is -3.17. The molecule has 0 unspecified atom stereocenters. The minimum absolute atomic E-state index is 0.0910. The molecular weight excluding hydrogens is 398 g/mol. The molecule has 0 radical (unpaired) electrons. The van der Waals surface area contributed by atoms with Crippen molar-refractivity contribution in [2.75, 3.05) is 6.54 Å². The molecule has 0 N–H and O–H groups in total. The Morgan fingerprint density at radius 3 is 1.87 bits per heavy atom. The lowest BCUT2D eigenvalue weighted by molar-refractivity contribution is 0.0740. The van der Waals surface area contributed by atoms with E-state index < -0.39 is 0 Å². The first kappa shape index (κ1) is 21.1. The number of benzene rings is 3. The van der Waals surface area contributed by atoms with Crippen molar-refractivity contribution in [3.63, 3.8) is 0 Å². The number of amides is 1. The van der Waals surface area contributed by atoms with Crippen LogP contribution < -0.4 is 0 Å². The molecule has 0 aliphatic rings. The number of thiophene rings is 1. The second kappa shape index (κ2) is 10.2. The van der Waals surface area contributed by atoms with Gasteiger partial charge in [-0.1, -0.05) is 78.9 Å².